The average Bonchev–Trinajstić information content (AvgIpc) is 2.76. The molecule has 0 radical (unpaired) electrons. The lowest BCUT2D eigenvalue weighted by Crippen LogP contribution is -1.78. The van der Waals surface area contributed by atoms with E-state index in [-0.39, 0.29) is 14.9 Å². The Kier molecular flexibility index (Phi) is 26.9. The van der Waals surface area contributed by atoms with Crippen molar-refractivity contribution in [2.24, 2.45) is 0 Å². The highest BCUT2D eigenvalue weighted by molar-refractivity contribution is 5.63. The number of hydrogen-bond donors (Lipinski definition) is 0. The van der Waals surface area contributed by atoms with Crippen LogP contribution in [0.25, 0.3) is 11.1 Å². The molecule has 3 aromatic carbocycles. The van der Waals surface area contributed by atoms with Crippen LogP contribution in [0.15, 0.2) is 72.8 Å². The van der Waals surface area contributed by atoms with Crippen molar-refractivity contribution in [1.82, 2.24) is 0 Å². The molecule has 0 saturated heterocycles. The molecule has 0 unspecified atom stereocenters. The molecule has 0 heteroatoms. The molecule has 3 aromatic rings. The van der Waals surface area contributed by atoms with E-state index in [1.807, 2.05) is 41.5 Å². The molecule has 0 heterocycles. The first-order valence-electron chi connectivity index (χ1n) is 10.7. The molecule has 0 nitrogen and oxygen atoms in total. The summed E-state index contributed by atoms with van der Waals surface area (Å²) in [5.41, 5.74) is 7.85. The number of aryl methyl sites for hydroxylation is 4. The third kappa shape index (κ3) is 15.6. The zero-order valence-electron chi connectivity index (χ0n) is 19.9. The summed E-state index contributed by atoms with van der Waals surface area (Å²) in [6.45, 7) is 20.4. The summed E-state index contributed by atoms with van der Waals surface area (Å²) in [7, 11) is 0. The summed E-state index contributed by atoms with van der Waals surface area (Å²) in [6.07, 6.45) is 0. The maximum Gasteiger partial charge on any atom is -0.0184 e. The number of rotatable bonds is 1. The average molecular weight is 411 g/mol. The minimum Gasteiger partial charge on any atom is -0.0776 e. The van der Waals surface area contributed by atoms with E-state index in [2.05, 4.69) is 100 Å². The minimum absolute atomic E-state index is 0. The lowest BCUT2D eigenvalue weighted by atomic mass is 10.0. The van der Waals surface area contributed by atoms with Crippen LogP contribution in [0.4, 0.5) is 0 Å². The minimum atomic E-state index is 0. The molecule has 0 aliphatic rings. The summed E-state index contributed by atoms with van der Waals surface area (Å²) in [5, 5.41) is 0. The van der Waals surface area contributed by atoms with Crippen molar-refractivity contribution >= 4 is 0 Å². The highest BCUT2D eigenvalue weighted by Gasteiger charge is 1.95. The van der Waals surface area contributed by atoms with E-state index in [4.69, 9.17) is 0 Å². The first-order chi connectivity index (χ1) is 13.5. The Morgan fingerprint density at radius 2 is 0.433 bits per heavy atom. The van der Waals surface area contributed by atoms with Crippen molar-refractivity contribution in [3.05, 3.63) is 95.1 Å². The predicted octanol–water partition coefficient (Wildman–Crippen LogP) is 10.6. The molecule has 3 rings (SSSR count). The van der Waals surface area contributed by atoms with Gasteiger partial charge in [0.15, 0.2) is 0 Å². The summed E-state index contributed by atoms with van der Waals surface area (Å²) in [4.78, 5) is 0. The Morgan fingerprint density at radius 3 is 0.600 bits per heavy atom. The van der Waals surface area contributed by atoms with Crippen molar-refractivity contribution < 1.29 is 0 Å². The monoisotopic (exact) mass is 410 g/mol. The zero-order valence-corrected chi connectivity index (χ0v) is 19.9. The molecule has 0 fully saturated rings. The summed E-state index contributed by atoms with van der Waals surface area (Å²) >= 11 is 0. The normalized spacial score (nSPS) is 7.80. The van der Waals surface area contributed by atoms with Gasteiger partial charge in [0.1, 0.15) is 0 Å². The van der Waals surface area contributed by atoms with Gasteiger partial charge in [-0.3, -0.25) is 0 Å². The van der Waals surface area contributed by atoms with Crippen LogP contribution in [0.3, 0.4) is 0 Å². The molecule has 0 aliphatic carbocycles. The van der Waals surface area contributed by atoms with Crippen LogP contribution < -0.4 is 0 Å². The number of benzene rings is 3. The fourth-order valence-electron chi connectivity index (χ4n) is 2.13. The van der Waals surface area contributed by atoms with E-state index < -0.39 is 0 Å². The Labute approximate surface area is 190 Å². The van der Waals surface area contributed by atoms with Gasteiger partial charge >= 0.3 is 0 Å². The van der Waals surface area contributed by atoms with Gasteiger partial charge < -0.3 is 0 Å². The summed E-state index contributed by atoms with van der Waals surface area (Å²) in [5.74, 6) is 0. The zero-order chi connectivity index (χ0) is 21.9. The van der Waals surface area contributed by atoms with Gasteiger partial charge in [0.05, 0.1) is 0 Å². The lowest BCUT2D eigenvalue weighted by molar-refractivity contribution is 1.40. The topological polar surface area (TPSA) is 0 Å². The molecule has 0 atom stereocenters. The Morgan fingerprint density at radius 1 is 0.300 bits per heavy atom. The van der Waals surface area contributed by atoms with Gasteiger partial charge in [-0.15, -0.1) is 0 Å². The smallest absolute Gasteiger partial charge is 0.0184 e. The Balaban J connectivity index is -0.000000183. The van der Waals surface area contributed by atoms with Gasteiger partial charge in [0.25, 0.3) is 0 Å². The molecule has 30 heavy (non-hydrogen) atoms. The summed E-state index contributed by atoms with van der Waals surface area (Å²) in [6, 6.07) is 25.7. The fraction of sp³-hybridized carbons (Fsp3) is 0.400. The van der Waals surface area contributed by atoms with Crippen molar-refractivity contribution in [3.63, 3.8) is 0 Å². The van der Waals surface area contributed by atoms with E-state index in [0.717, 1.165) is 0 Å². The molecule has 0 bridgehead atoms. The van der Waals surface area contributed by atoms with E-state index in [1.54, 1.807) is 0 Å². The van der Waals surface area contributed by atoms with Crippen LogP contribution in [-0.2, 0) is 0 Å². The fourth-order valence-corrected chi connectivity index (χ4v) is 2.13. The Bertz CT molecular complexity index is 622. The van der Waals surface area contributed by atoms with Crippen LogP contribution in [0.5, 0.6) is 0 Å². The van der Waals surface area contributed by atoms with Gasteiger partial charge in [-0.25, -0.2) is 0 Å². The predicted molar refractivity (Wildman–Crippen MR) is 145 cm³/mol. The molecule has 0 aliphatic heterocycles. The van der Waals surface area contributed by atoms with Gasteiger partial charge in [-0.1, -0.05) is 151 Å². The molecule has 0 spiro atoms. The van der Waals surface area contributed by atoms with Gasteiger partial charge in [-0.2, -0.15) is 0 Å². The van der Waals surface area contributed by atoms with Crippen LogP contribution in [0, 0.1) is 27.7 Å². The van der Waals surface area contributed by atoms with Crippen molar-refractivity contribution in [3.8, 4) is 11.1 Å². The van der Waals surface area contributed by atoms with E-state index in [1.165, 1.54) is 33.4 Å². The van der Waals surface area contributed by atoms with Crippen LogP contribution in [0.1, 0.15) is 78.6 Å². The largest absolute Gasteiger partial charge is 0.0776 e. The third-order valence-corrected chi connectivity index (χ3v) is 3.65. The van der Waals surface area contributed by atoms with E-state index >= 15 is 0 Å². The van der Waals surface area contributed by atoms with Gasteiger partial charge in [0, 0.05) is 0 Å². The van der Waals surface area contributed by atoms with Crippen molar-refractivity contribution in [2.45, 2.75) is 84.1 Å². The maximum atomic E-state index is 2.17. The molecular formula is C30H50. The SMILES string of the molecule is C.C.CC.CC.CC.Cc1ccc(-c2ccc(C)cc2)cc1.Cc1ccc(C)cc1. The molecule has 0 amide bonds. The number of hydrogen-bond acceptors (Lipinski definition) is 0. The van der Waals surface area contributed by atoms with E-state index in [0.29, 0.717) is 0 Å². The standard InChI is InChI=1S/C14H14.C8H10.3C2H6.2CH4/c1-11-3-7-13(8-4-11)14-9-5-12(2)6-10-14;1-7-3-5-8(2)6-4-7;3*1-2;;/h3-10H,1-2H3;3-6H,1-2H3;3*1-2H3;2*1H4. The van der Waals surface area contributed by atoms with Crippen molar-refractivity contribution in [2.75, 3.05) is 0 Å². The molecule has 0 N–H and O–H groups in total. The highest BCUT2D eigenvalue weighted by atomic mass is 14.0. The molecular weight excluding hydrogens is 360 g/mol. The second kappa shape index (κ2) is 22.9. The highest BCUT2D eigenvalue weighted by Crippen LogP contribution is 2.19. The van der Waals surface area contributed by atoms with Crippen molar-refractivity contribution in [1.29, 1.82) is 0 Å². The van der Waals surface area contributed by atoms with Crippen LogP contribution in [0.2, 0.25) is 0 Å². The Hall–Kier alpha value is -2.34. The first kappa shape index (κ1) is 35.1. The van der Waals surface area contributed by atoms with Gasteiger partial charge in [0.2, 0.25) is 0 Å². The third-order valence-electron chi connectivity index (χ3n) is 3.65. The summed E-state index contributed by atoms with van der Waals surface area (Å²) < 4.78 is 0. The second-order valence-corrected chi connectivity index (χ2v) is 5.89. The molecule has 0 aromatic heterocycles. The first-order valence-corrected chi connectivity index (χ1v) is 10.7. The van der Waals surface area contributed by atoms with Crippen LogP contribution >= 0.6 is 0 Å². The maximum absolute atomic E-state index is 2.17. The van der Waals surface area contributed by atoms with E-state index in [9.17, 15) is 0 Å². The lowest BCUT2D eigenvalue weighted by Gasteiger charge is -2.02. The van der Waals surface area contributed by atoms with Gasteiger partial charge in [-0.05, 0) is 38.8 Å². The molecule has 170 valence electrons. The molecule has 0 saturated carbocycles. The quantitative estimate of drug-likeness (QED) is 0.374. The second-order valence-electron chi connectivity index (χ2n) is 5.89. The van der Waals surface area contributed by atoms with Crippen LogP contribution in [-0.4, -0.2) is 0 Å².